The van der Waals surface area contributed by atoms with Gasteiger partial charge in [0, 0.05) is 36.8 Å². The molecule has 0 radical (unpaired) electrons. The van der Waals surface area contributed by atoms with Gasteiger partial charge in [0.2, 0.25) is 0 Å². The highest BCUT2D eigenvalue weighted by Crippen LogP contribution is 2.46. The lowest BCUT2D eigenvalue weighted by Gasteiger charge is -2.40. The second-order valence-electron chi connectivity index (χ2n) is 7.57. The summed E-state index contributed by atoms with van der Waals surface area (Å²) in [5, 5.41) is 8.70. The molecule has 2 aliphatic rings. The number of para-hydroxylation sites is 1. The molecule has 0 bridgehead atoms. The molecule has 0 atom stereocenters. The van der Waals surface area contributed by atoms with Crippen LogP contribution in [0.3, 0.4) is 0 Å². The zero-order chi connectivity index (χ0) is 18.1. The molecule has 0 aromatic heterocycles. The summed E-state index contributed by atoms with van der Waals surface area (Å²) in [7, 11) is 2.20. The monoisotopic (exact) mass is 351 g/mol. The normalized spacial score (nSPS) is 18.8. The minimum Gasteiger partial charge on any atom is -0.373 e. The average Bonchev–Trinajstić information content (AvgIpc) is 2.96. The molecule has 26 heavy (non-hydrogen) atoms. The number of hydrogen-bond acceptors (Lipinski definition) is 4. The van der Waals surface area contributed by atoms with E-state index in [1.165, 1.54) is 29.7 Å². The van der Waals surface area contributed by atoms with Gasteiger partial charge in [-0.3, -0.25) is 14.9 Å². The number of carbonyl (C=O) groups excluding carboxylic acids is 1. The standard InChI is InChI=1S/C21H25N3O2/c1-23-15-21(18-4-2-3-5-19(18)23)10-12-24(13-11-21)14-16-6-8-17(9-7-16)20(25)22-26/h2-9,26H,10-15H2,1H3,(H,22,25). The van der Waals surface area contributed by atoms with Crippen molar-refractivity contribution in [1.82, 2.24) is 10.4 Å². The summed E-state index contributed by atoms with van der Waals surface area (Å²) < 4.78 is 0. The third-order valence-electron chi connectivity index (χ3n) is 5.96. The van der Waals surface area contributed by atoms with Crippen LogP contribution in [0.15, 0.2) is 48.5 Å². The Balaban J connectivity index is 1.41. The summed E-state index contributed by atoms with van der Waals surface area (Å²) in [6.07, 6.45) is 2.36. The quantitative estimate of drug-likeness (QED) is 0.660. The molecular formula is C21H25N3O2. The lowest BCUT2D eigenvalue weighted by Crippen LogP contribution is -2.44. The minimum absolute atomic E-state index is 0.297. The highest BCUT2D eigenvalue weighted by molar-refractivity contribution is 5.93. The SMILES string of the molecule is CN1CC2(CCN(Cc3ccc(C(=O)NO)cc3)CC2)c2ccccc21. The maximum Gasteiger partial charge on any atom is 0.274 e. The first kappa shape index (κ1) is 17.1. The molecule has 2 aliphatic heterocycles. The number of carbonyl (C=O) groups is 1. The van der Waals surface area contributed by atoms with Crippen molar-refractivity contribution in [3.05, 3.63) is 65.2 Å². The predicted octanol–water partition coefficient (Wildman–Crippen LogP) is 2.79. The van der Waals surface area contributed by atoms with Gasteiger partial charge in [0.1, 0.15) is 0 Å². The Morgan fingerprint density at radius 3 is 2.50 bits per heavy atom. The van der Waals surface area contributed by atoms with Gasteiger partial charge < -0.3 is 4.90 Å². The molecule has 4 rings (SSSR count). The number of fused-ring (bicyclic) bond motifs is 2. The van der Waals surface area contributed by atoms with E-state index in [1.807, 2.05) is 12.1 Å². The van der Waals surface area contributed by atoms with E-state index in [0.29, 0.717) is 11.0 Å². The van der Waals surface area contributed by atoms with Gasteiger partial charge in [-0.1, -0.05) is 30.3 Å². The number of benzene rings is 2. The van der Waals surface area contributed by atoms with Crippen LogP contribution in [0.2, 0.25) is 0 Å². The van der Waals surface area contributed by atoms with Gasteiger partial charge in [0.05, 0.1) is 0 Å². The van der Waals surface area contributed by atoms with Crippen LogP contribution in [0.25, 0.3) is 0 Å². The first-order valence-corrected chi connectivity index (χ1v) is 9.18. The summed E-state index contributed by atoms with van der Waals surface area (Å²) in [5.41, 5.74) is 6.53. The molecule has 0 aliphatic carbocycles. The topological polar surface area (TPSA) is 55.8 Å². The van der Waals surface area contributed by atoms with Crippen molar-refractivity contribution in [3.8, 4) is 0 Å². The molecule has 2 aromatic carbocycles. The second kappa shape index (κ2) is 6.74. The van der Waals surface area contributed by atoms with Crippen LogP contribution >= 0.6 is 0 Å². The van der Waals surface area contributed by atoms with Gasteiger partial charge in [0.25, 0.3) is 5.91 Å². The van der Waals surface area contributed by atoms with Crippen molar-refractivity contribution in [3.63, 3.8) is 0 Å². The number of amides is 1. The van der Waals surface area contributed by atoms with Gasteiger partial charge in [-0.05, 0) is 55.3 Å². The Morgan fingerprint density at radius 1 is 1.12 bits per heavy atom. The Hall–Kier alpha value is -2.37. The largest absolute Gasteiger partial charge is 0.373 e. The first-order valence-electron chi connectivity index (χ1n) is 9.18. The molecule has 0 unspecified atom stereocenters. The summed E-state index contributed by atoms with van der Waals surface area (Å²) in [6.45, 7) is 4.18. The number of nitrogens with one attached hydrogen (secondary N) is 1. The van der Waals surface area contributed by atoms with E-state index >= 15 is 0 Å². The second-order valence-corrected chi connectivity index (χ2v) is 7.57. The number of rotatable bonds is 3. The van der Waals surface area contributed by atoms with Crippen LogP contribution in [-0.2, 0) is 12.0 Å². The van der Waals surface area contributed by atoms with Crippen molar-refractivity contribution in [2.75, 3.05) is 31.6 Å². The Morgan fingerprint density at radius 2 is 1.81 bits per heavy atom. The molecule has 1 amide bonds. The zero-order valence-electron chi connectivity index (χ0n) is 15.1. The van der Waals surface area contributed by atoms with E-state index in [9.17, 15) is 4.79 Å². The van der Waals surface area contributed by atoms with Gasteiger partial charge in [-0.25, -0.2) is 5.48 Å². The molecular weight excluding hydrogens is 326 g/mol. The van der Waals surface area contributed by atoms with Gasteiger partial charge in [0.15, 0.2) is 0 Å². The zero-order valence-corrected chi connectivity index (χ0v) is 15.1. The van der Waals surface area contributed by atoms with Crippen LogP contribution in [0, 0.1) is 0 Å². The number of likely N-dealkylation sites (N-methyl/N-ethyl adjacent to an activating group) is 1. The number of nitrogens with zero attached hydrogens (tertiary/aromatic N) is 2. The smallest absolute Gasteiger partial charge is 0.274 e. The molecule has 0 saturated carbocycles. The van der Waals surface area contributed by atoms with Crippen LogP contribution < -0.4 is 10.4 Å². The van der Waals surface area contributed by atoms with E-state index in [-0.39, 0.29) is 0 Å². The fraction of sp³-hybridized carbons (Fsp3) is 0.381. The fourth-order valence-corrected chi connectivity index (χ4v) is 4.53. The van der Waals surface area contributed by atoms with E-state index in [1.54, 1.807) is 17.6 Å². The lowest BCUT2D eigenvalue weighted by molar-refractivity contribution is 0.0706. The predicted molar refractivity (Wildman–Crippen MR) is 102 cm³/mol. The third kappa shape index (κ3) is 2.97. The van der Waals surface area contributed by atoms with Crippen LogP contribution in [-0.4, -0.2) is 42.7 Å². The number of likely N-dealkylation sites (tertiary alicyclic amines) is 1. The van der Waals surface area contributed by atoms with Gasteiger partial charge in [-0.15, -0.1) is 0 Å². The molecule has 1 fully saturated rings. The number of hydroxylamine groups is 1. The first-order chi connectivity index (χ1) is 12.6. The number of piperidine rings is 1. The molecule has 1 spiro atoms. The minimum atomic E-state index is -0.472. The molecule has 5 heteroatoms. The molecule has 2 aromatic rings. The van der Waals surface area contributed by atoms with E-state index in [4.69, 9.17) is 5.21 Å². The summed E-state index contributed by atoms with van der Waals surface area (Å²) >= 11 is 0. The van der Waals surface area contributed by atoms with E-state index in [2.05, 4.69) is 41.1 Å². The maximum atomic E-state index is 11.4. The third-order valence-corrected chi connectivity index (χ3v) is 5.96. The van der Waals surface area contributed by atoms with E-state index in [0.717, 1.165) is 26.2 Å². The van der Waals surface area contributed by atoms with Gasteiger partial charge >= 0.3 is 0 Å². The molecule has 136 valence electrons. The lowest BCUT2D eigenvalue weighted by atomic mass is 9.74. The van der Waals surface area contributed by atoms with Crippen molar-refractivity contribution < 1.29 is 10.0 Å². The van der Waals surface area contributed by atoms with Crippen molar-refractivity contribution in [1.29, 1.82) is 0 Å². The molecule has 2 heterocycles. The van der Waals surface area contributed by atoms with Crippen LogP contribution in [0.4, 0.5) is 5.69 Å². The van der Waals surface area contributed by atoms with Crippen molar-refractivity contribution >= 4 is 11.6 Å². The summed E-state index contributed by atoms with van der Waals surface area (Å²) in [5.74, 6) is -0.472. The number of anilines is 1. The average molecular weight is 351 g/mol. The number of hydrogen-bond donors (Lipinski definition) is 2. The Labute approximate surface area is 154 Å². The summed E-state index contributed by atoms with van der Waals surface area (Å²) in [6, 6.07) is 16.3. The van der Waals surface area contributed by atoms with Crippen molar-refractivity contribution in [2.45, 2.75) is 24.8 Å². The fourth-order valence-electron chi connectivity index (χ4n) is 4.53. The van der Waals surface area contributed by atoms with Crippen molar-refractivity contribution in [2.24, 2.45) is 0 Å². The Bertz CT molecular complexity index is 795. The summed E-state index contributed by atoms with van der Waals surface area (Å²) in [4.78, 5) is 16.3. The van der Waals surface area contributed by atoms with E-state index < -0.39 is 5.91 Å². The van der Waals surface area contributed by atoms with Gasteiger partial charge in [-0.2, -0.15) is 0 Å². The molecule has 2 N–H and O–H groups in total. The molecule has 1 saturated heterocycles. The highest BCUT2D eigenvalue weighted by atomic mass is 16.5. The Kier molecular flexibility index (Phi) is 4.42. The maximum absolute atomic E-state index is 11.4. The highest BCUT2D eigenvalue weighted by Gasteiger charge is 2.43. The van der Waals surface area contributed by atoms with Crippen LogP contribution in [0.5, 0.6) is 0 Å². The van der Waals surface area contributed by atoms with Crippen LogP contribution in [0.1, 0.15) is 34.3 Å². The molecule has 5 nitrogen and oxygen atoms in total.